The summed E-state index contributed by atoms with van der Waals surface area (Å²) < 4.78 is 58.3. The molecule has 19 heteroatoms. The van der Waals surface area contributed by atoms with Crippen LogP contribution >= 0.6 is 8.53 Å². The quantitative estimate of drug-likeness (QED) is 0.264. The highest BCUT2D eigenvalue weighted by Crippen LogP contribution is 2.64. The number of carbonyl (C=O) groups is 2. The molecule has 7 rings (SSSR count). The number of aliphatic hydroxyl groups is 1. The first-order valence-corrected chi connectivity index (χ1v) is 19.4. The van der Waals surface area contributed by atoms with Crippen molar-refractivity contribution in [2.75, 3.05) is 17.2 Å². The van der Waals surface area contributed by atoms with Gasteiger partial charge < -0.3 is 34.3 Å². The van der Waals surface area contributed by atoms with Crippen molar-refractivity contribution in [3.63, 3.8) is 0 Å². The lowest BCUT2D eigenvalue weighted by atomic mass is 9.87. The van der Waals surface area contributed by atoms with Crippen LogP contribution in [0.5, 0.6) is 0 Å². The molecule has 4 saturated heterocycles. The van der Waals surface area contributed by atoms with Gasteiger partial charge in [0.15, 0.2) is 24.8 Å². The van der Waals surface area contributed by atoms with Gasteiger partial charge in [-0.1, -0.05) is 44.2 Å². The van der Waals surface area contributed by atoms with Crippen molar-refractivity contribution in [2.45, 2.75) is 121 Å². The standard InChI is InChI=1S/C24H30FN4O5P.C12H16FN3O4/c1-4-17-21(20(25)22(32-17)28-14-12-19(26-15(2)30)27-23(28)31)33-35-29-13-8-11-18(29)24(3,34-35)16-9-6-5-7-10-16;1-3-7-10(18)9(13)11(20-7)16-5-4-8(14-6(2)17)15-12(16)19/h5-7,9-10,12,14,17-18,20-22H,4,8,11,13H2,1-3H3,(H,26,27,30,31);4-5,7,9-11,18H,3H2,1-2H3,(H,14,15,17,19)/t17-,18+,20?,21+,22-,24-,35+;7-,9?,10+,11-/m11/s1. The van der Waals surface area contributed by atoms with Crippen LogP contribution in [0.25, 0.3) is 0 Å². The highest BCUT2D eigenvalue weighted by atomic mass is 31.2. The molecule has 0 bridgehead atoms. The van der Waals surface area contributed by atoms with E-state index in [1.165, 1.54) is 38.4 Å². The number of halogens is 2. The van der Waals surface area contributed by atoms with E-state index >= 15 is 4.39 Å². The lowest BCUT2D eigenvalue weighted by molar-refractivity contribution is -0.115. The summed E-state index contributed by atoms with van der Waals surface area (Å²) in [6.07, 6.45) is -3.43. The van der Waals surface area contributed by atoms with Gasteiger partial charge in [-0.05, 0) is 50.3 Å². The van der Waals surface area contributed by atoms with Crippen LogP contribution in [0.4, 0.5) is 20.4 Å². The summed E-state index contributed by atoms with van der Waals surface area (Å²) in [7, 11) is -1.51. The molecule has 2 unspecified atom stereocenters. The Bertz CT molecular complexity index is 1960. The molecule has 3 aromatic rings. The molecule has 55 heavy (non-hydrogen) atoms. The fourth-order valence-electron chi connectivity index (χ4n) is 7.33. The Morgan fingerprint density at radius 2 is 1.45 bits per heavy atom. The van der Waals surface area contributed by atoms with Gasteiger partial charge in [0.05, 0.1) is 18.2 Å². The van der Waals surface area contributed by atoms with Gasteiger partial charge >= 0.3 is 11.4 Å². The van der Waals surface area contributed by atoms with Gasteiger partial charge in [0.2, 0.25) is 11.8 Å². The van der Waals surface area contributed by atoms with Crippen molar-refractivity contribution in [1.29, 1.82) is 0 Å². The summed E-state index contributed by atoms with van der Waals surface area (Å²) in [4.78, 5) is 54.0. The number of nitrogens with one attached hydrogen (secondary N) is 2. The number of alkyl halides is 2. The average molecular weight is 790 g/mol. The van der Waals surface area contributed by atoms with Crippen molar-refractivity contribution in [3.05, 3.63) is 81.4 Å². The Hall–Kier alpha value is -4.03. The Kier molecular flexibility index (Phi) is 12.6. The van der Waals surface area contributed by atoms with E-state index in [1.54, 1.807) is 6.92 Å². The Balaban J connectivity index is 0.000000219. The second-order valence-corrected chi connectivity index (χ2v) is 15.3. The summed E-state index contributed by atoms with van der Waals surface area (Å²) in [5.74, 6) is -0.525. The summed E-state index contributed by atoms with van der Waals surface area (Å²) >= 11 is 0. The van der Waals surface area contributed by atoms with Crippen molar-refractivity contribution in [3.8, 4) is 0 Å². The zero-order chi connectivity index (χ0) is 39.6. The summed E-state index contributed by atoms with van der Waals surface area (Å²) in [6.45, 7) is 9.16. The third-order valence-electron chi connectivity index (χ3n) is 10.1. The van der Waals surface area contributed by atoms with Crippen molar-refractivity contribution in [2.24, 2.45) is 0 Å². The summed E-state index contributed by atoms with van der Waals surface area (Å²) in [5, 5.41) is 14.5. The van der Waals surface area contributed by atoms with Crippen molar-refractivity contribution >= 4 is 32.0 Å². The molecule has 1 aromatic carbocycles. The molecule has 16 nitrogen and oxygen atoms in total. The molecule has 2 amide bonds. The number of benzene rings is 1. The number of anilines is 2. The van der Waals surface area contributed by atoms with Gasteiger partial charge in [0.1, 0.15) is 29.4 Å². The molecular formula is C36H46F2N7O9P. The van der Waals surface area contributed by atoms with E-state index in [2.05, 4.69) is 44.3 Å². The van der Waals surface area contributed by atoms with Gasteiger partial charge in [0, 0.05) is 32.8 Å². The third-order valence-corrected chi connectivity index (χ3v) is 11.9. The second-order valence-electron chi connectivity index (χ2n) is 13.9. The highest BCUT2D eigenvalue weighted by molar-refractivity contribution is 7.45. The lowest BCUT2D eigenvalue weighted by Crippen LogP contribution is -2.37. The molecule has 0 saturated carbocycles. The van der Waals surface area contributed by atoms with Gasteiger partial charge in [-0.2, -0.15) is 9.97 Å². The van der Waals surface area contributed by atoms with Gasteiger partial charge in [-0.15, -0.1) is 0 Å². The molecule has 11 atom stereocenters. The van der Waals surface area contributed by atoms with Crippen molar-refractivity contribution in [1.82, 2.24) is 23.8 Å². The minimum absolute atomic E-state index is 0.0831. The molecule has 4 aliphatic heterocycles. The molecular weight excluding hydrogens is 743 g/mol. The Morgan fingerprint density at radius 3 is 1.96 bits per heavy atom. The number of nitrogens with zero attached hydrogens (tertiary/aromatic N) is 5. The molecule has 6 heterocycles. The number of hydrogen-bond acceptors (Lipinski definition) is 12. The minimum Gasteiger partial charge on any atom is -0.387 e. The fraction of sp³-hybridized carbons (Fsp3) is 0.556. The van der Waals surface area contributed by atoms with Crippen LogP contribution in [0.2, 0.25) is 0 Å². The second kappa shape index (κ2) is 17.0. The zero-order valence-electron chi connectivity index (χ0n) is 31.1. The van der Waals surface area contributed by atoms with Gasteiger partial charge in [-0.25, -0.2) is 23.0 Å². The number of ether oxygens (including phenoxy) is 2. The first-order valence-electron chi connectivity index (χ1n) is 18.2. The first kappa shape index (κ1) is 40.6. The molecule has 0 aliphatic carbocycles. The number of rotatable bonds is 9. The predicted octanol–water partition coefficient (Wildman–Crippen LogP) is 4.08. The molecule has 4 aliphatic rings. The largest absolute Gasteiger partial charge is 0.387 e. The topological polar surface area (TPSA) is 188 Å². The maximum Gasteiger partial charge on any atom is 0.351 e. The number of aromatic nitrogens is 4. The van der Waals surface area contributed by atoms with Crippen LogP contribution in [-0.4, -0.2) is 90.0 Å². The SMILES string of the molecule is CC[C@H]1O[C@@H](n2ccc(NC(C)=O)nc2=O)C(F)[C@H]1O.CC[C@H]1O[C@@H](n2ccc(NC(C)=O)nc2=O)C(F)[C@H]1O[P@@]1O[C@](C)(c2ccccc2)[C@@H]2CCCN21. The molecule has 0 spiro atoms. The fourth-order valence-corrected chi connectivity index (χ4v) is 9.48. The van der Waals surface area contributed by atoms with E-state index in [4.69, 9.17) is 18.5 Å². The molecule has 0 radical (unpaired) electrons. The first-order chi connectivity index (χ1) is 26.2. The number of amides is 2. The average Bonchev–Trinajstić information content (AvgIpc) is 3.90. The zero-order valence-corrected chi connectivity index (χ0v) is 32.0. The highest BCUT2D eigenvalue weighted by Gasteiger charge is 2.57. The predicted molar refractivity (Wildman–Crippen MR) is 196 cm³/mol. The van der Waals surface area contributed by atoms with E-state index in [1.807, 2.05) is 25.1 Å². The number of fused-ring (bicyclic) bond motifs is 1. The van der Waals surface area contributed by atoms with E-state index in [9.17, 15) is 28.7 Å². The molecule has 298 valence electrons. The Labute approximate surface area is 317 Å². The monoisotopic (exact) mass is 789 g/mol. The summed E-state index contributed by atoms with van der Waals surface area (Å²) in [5.41, 5.74) is -0.936. The third kappa shape index (κ3) is 8.40. The summed E-state index contributed by atoms with van der Waals surface area (Å²) in [6, 6.07) is 13.0. The van der Waals surface area contributed by atoms with Crippen LogP contribution in [0.1, 0.15) is 78.3 Å². The number of carbonyl (C=O) groups excluding carboxylic acids is 2. The Morgan fingerprint density at radius 1 is 0.909 bits per heavy atom. The molecule has 4 fully saturated rings. The van der Waals surface area contributed by atoms with Gasteiger partial charge in [0.25, 0.3) is 8.53 Å². The van der Waals surface area contributed by atoms with Crippen LogP contribution in [0, 0.1) is 0 Å². The van der Waals surface area contributed by atoms with Gasteiger partial charge in [-0.3, -0.25) is 18.7 Å². The number of hydrogen-bond donors (Lipinski definition) is 3. The normalized spacial score (nSPS) is 32.8. The van der Waals surface area contributed by atoms with E-state index in [0.717, 1.165) is 34.1 Å². The van der Waals surface area contributed by atoms with Crippen LogP contribution in [0.15, 0.2) is 64.4 Å². The lowest BCUT2D eigenvalue weighted by Gasteiger charge is -2.29. The van der Waals surface area contributed by atoms with Crippen molar-refractivity contribution < 1.29 is 42.0 Å². The molecule has 3 N–H and O–H groups in total. The van der Waals surface area contributed by atoms with Crippen LogP contribution < -0.4 is 22.0 Å². The molecule has 2 aromatic heterocycles. The maximum absolute atomic E-state index is 15.8. The minimum atomic E-state index is -1.70. The van der Waals surface area contributed by atoms with E-state index < -0.39 is 74.7 Å². The van der Waals surface area contributed by atoms with E-state index in [-0.39, 0.29) is 29.5 Å². The van der Waals surface area contributed by atoms with E-state index in [0.29, 0.717) is 12.8 Å². The maximum atomic E-state index is 15.8. The smallest absolute Gasteiger partial charge is 0.351 e. The number of aliphatic hydroxyl groups excluding tert-OH is 1. The van der Waals surface area contributed by atoms with Crippen LogP contribution in [0.3, 0.4) is 0 Å². The van der Waals surface area contributed by atoms with Crippen LogP contribution in [-0.2, 0) is 33.7 Å².